The molecule has 1 N–H and O–H groups in total. The first-order valence-corrected chi connectivity index (χ1v) is 7.31. The van der Waals surface area contributed by atoms with Crippen molar-refractivity contribution < 1.29 is 9.53 Å². The highest BCUT2D eigenvalue weighted by molar-refractivity contribution is 7.99. The average Bonchev–Trinajstić information content (AvgIpc) is 2.56. The molecule has 2 aliphatic rings. The number of fused-ring (bicyclic) bond motifs is 1. The number of carbonyl (C=O) groups is 1. The second-order valence-electron chi connectivity index (χ2n) is 5.17. The molecule has 1 saturated carbocycles. The Morgan fingerprint density at radius 3 is 2.94 bits per heavy atom. The number of methoxy groups -OCH3 is 1. The Kier molecular flexibility index (Phi) is 2.98. The zero-order valence-corrected chi connectivity index (χ0v) is 11.3. The molecule has 1 aliphatic heterocycles. The van der Waals surface area contributed by atoms with Crippen LogP contribution in [0.2, 0.25) is 0 Å². The smallest absolute Gasteiger partial charge is 0.339 e. The van der Waals surface area contributed by atoms with Gasteiger partial charge in [-0.2, -0.15) is 0 Å². The summed E-state index contributed by atoms with van der Waals surface area (Å²) < 4.78 is 4.86. The second-order valence-corrected chi connectivity index (χ2v) is 6.16. The molecule has 96 valence electrons. The van der Waals surface area contributed by atoms with Crippen LogP contribution in [0.5, 0.6) is 0 Å². The Labute approximate surface area is 111 Å². The van der Waals surface area contributed by atoms with Crippen LogP contribution in [-0.4, -0.2) is 25.4 Å². The van der Waals surface area contributed by atoms with Crippen LogP contribution < -0.4 is 5.32 Å². The maximum atomic E-state index is 11.8. The summed E-state index contributed by atoms with van der Waals surface area (Å²) in [7, 11) is 1.43. The number of rotatable bonds is 1. The van der Waals surface area contributed by atoms with Gasteiger partial charge in [0.25, 0.3) is 0 Å². The van der Waals surface area contributed by atoms with Gasteiger partial charge in [-0.15, -0.1) is 11.8 Å². The fourth-order valence-corrected chi connectivity index (χ4v) is 4.10. The fraction of sp³-hybridized carbons (Fsp3) is 0.500. The number of hydrogen-bond donors (Lipinski definition) is 1. The molecule has 1 spiro atoms. The zero-order chi connectivity index (χ0) is 12.6. The van der Waals surface area contributed by atoms with Gasteiger partial charge in [-0.3, -0.25) is 0 Å². The van der Waals surface area contributed by atoms with Crippen molar-refractivity contribution in [1.29, 1.82) is 0 Å². The standard InChI is InChI=1S/C14H17NO2S/c1-17-13(16)10-4-2-5-11-12(10)18-9-14(8-15-11)6-3-7-14/h2,4-5,15H,3,6-9H2,1H3. The number of nitrogens with one attached hydrogen (secondary N) is 1. The minimum atomic E-state index is -0.245. The van der Waals surface area contributed by atoms with Gasteiger partial charge in [-0.25, -0.2) is 4.79 Å². The summed E-state index contributed by atoms with van der Waals surface area (Å²) in [5.74, 6) is 0.854. The van der Waals surface area contributed by atoms with E-state index in [1.54, 1.807) is 11.8 Å². The minimum absolute atomic E-state index is 0.245. The lowest BCUT2D eigenvalue weighted by Gasteiger charge is -2.40. The van der Waals surface area contributed by atoms with E-state index in [-0.39, 0.29) is 5.97 Å². The van der Waals surface area contributed by atoms with Crippen LogP contribution in [0.4, 0.5) is 5.69 Å². The molecule has 0 amide bonds. The second kappa shape index (κ2) is 4.50. The monoisotopic (exact) mass is 263 g/mol. The van der Waals surface area contributed by atoms with Gasteiger partial charge in [0.15, 0.2) is 0 Å². The van der Waals surface area contributed by atoms with E-state index in [0.29, 0.717) is 11.0 Å². The summed E-state index contributed by atoms with van der Waals surface area (Å²) in [5, 5.41) is 3.51. The van der Waals surface area contributed by atoms with Gasteiger partial charge in [0.2, 0.25) is 0 Å². The number of anilines is 1. The first-order chi connectivity index (χ1) is 8.74. The molecular weight excluding hydrogens is 246 g/mol. The number of hydrogen-bond acceptors (Lipinski definition) is 4. The molecular formula is C14H17NO2S. The maximum Gasteiger partial charge on any atom is 0.339 e. The van der Waals surface area contributed by atoms with Crippen LogP contribution in [-0.2, 0) is 4.74 Å². The van der Waals surface area contributed by atoms with Gasteiger partial charge in [0.05, 0.1) is 12.7 Å². The Bertz CT molecular complexity index is 483. The molecule has 0 saturated heterocycles. The third-order valence-electron chi connectivity index (χ3n) is 4.01. The van der Waals surface area contributed by atoms with E-state index in [2.05, 4.69) is 5.32 Å². The molecule has 1 heterocycles. The Morgan fingerprint density at radius 1 is 1.44 bits per heavy atom. The van der Waals surface area contributed by atoms with E-state index in [1.807, 2.05) is 18.2 Å². The lowest BCUT2D eigenvalue weighted by Crippen LogP contribution is -2.37. The molecule has 4 heteroatoms. The predicted molar refractivity (Wildman–Crippen MR) is 73.3 cm³/mol. The van der Waals surface area contributed by atoms with Crippen molar-refractivity contribution in [1.82, 2.24) is 0 Å². The van der Waals surface area contributed by atoms with Crippen molar-refractivity contribution >= 4 is 23.4 Å². The van der Waals surface area contributed by atoms with Crippen molar-refractivity contribution in [3.05, 3.63) is 23.8 Å². The molecule has 1 aromatic rings. The molecule has 3 rings (SSSR count). The third-order valence-corrected chi connectivity index (χ3v) is 5.50. The quantitative estimate of drug-likeness (QED) is 0.790. The normalized spacial score (nSPS) is 20.3. The zero-order valence-electron chi connectivity index (χ0n) is 10.5. The summed E-state index contributed by atoms with van der Waals surface area (Å²) in [6.07, 6.45) is 3.94. The average molecular weight is 263 g/mol. The van der Waals surface area contributed by atoms with Crippen LogP contribution in [0.25, 0.3) is 0 Å². The SMILES string of the molecule is COC(=O)c1cccc2c1SCC1(CCC1)CN2. The number of thioether (sulfide) groups is 1. The van der Waals surface area contributed by atoms with E-state index in [9.17, 15) is 4.79 Å². The largest absolute Gasteiger partial charge is 0.465 e. The van der Waals surface area contributed by atoms with Crippen molar-refractivity contribution in [3.63, 3.8) is 0 Å². The van der Waals surface area contributed by atoms with Gasteiger partial charge < -0.3 is 10.1 Å². The Balaban J connectivity index is 1.93. The summed E-state index contributed by atoms with van der Waals surface area (Å²) in [5.41, 5.74) is 2.20. The highest BCUT2D eigenvalue weighted by atomic mass is 32.2. The molecule has 0 atom stereocenters. The summed E-state index contributed by atoms with van der Waals surface area (Å²) in [6.45, 7) is 1.03. The highest BCUT2D eigenvalue weighted by Gasteiger charge is 2.39. The van der Waals surface area contributed by atoms with Gasteiger partial charge in [0.1, 0.15) is 0 Å². The number of benzene rings is 1. The van der Waals surface area contributed by atoms with Gasteiger partial charge in [-0.1, -0.05) is 12.5 Å². The number of esters is 1. The first-order valence-electron chi connectivity index (χ1n) is 6.32. The molecule has 0 unspecified atom stereocenters. The fourth-order valence-electron chi connectivity index (χ4n) is 2.66. The van der Waals surface area contributed by atoms with E-state index in [0.717, 1.165) is 22.9 Å². The molecule has 0 aromatic heterocycles. The van der Waals surface area contributed by atoms with Crippen LogP contribution in [0.3, 0.4) is 0 Å². The van der Waals surface area contributed by atoms with Crippen molar-refractivity contribution in [2.45, 2.75) is 24.2 Å². The molecule has 1 fully saturated rings. The van der Waals surface area contributed by atoms with Crippen LogP contribution in [0, 0.1) is 5.41 Å². The van der Waals surface area contributed by atoms with Gasteiger partial charge >= 0.3 is 5.97 Å². The van der Waals surface area contributed by atoms with Gasteiger partial charge in [-0.05, 0) is 30.4 Å². The van der Waals surface area contributed by atoms with Crippen LogP contribution in [0.15, 0.2) is 23.1 Å². The molecule has 3 nitrogen and oxygen atoms in total. The summed E-state index contributed by atoms with van der Waals surface area (Å²) in [4.78, 5) is 12.8. The molecule has 1 aliphatic carbocycles. The van der Waals surface area contributed by atoms with E-state index < -0.39 is 0 Å². The van der Waals surface area contributed by atoms with Crippen molar-refractivity contribution in [2.24, 2.45) is 5.41 Å². The lowest BCUT2D eigenvalue weighted by molar-refractivity contribution is 0.0597. The van der Waals surface area contributed by atoms with Crippen molar-refractivity contribution in [3.8, 4) is 0 Å². The molecule has 18 heavy (non-hydrogen) atoms. The number of ether oxygens (including phenoxy) is 1. The minimum Gasteiger partial charge on any atom is -0.465 e. The number of carbonyl (C=O) groups excluding carboxylic acids is 1. The topological polar surface area (TPSA) is 38.3 Å². The Hall–Kier alpha value is -1.16. The maximum absolute atomic E-state index is 11.8. The lowest BCUT2D eigenvalue weighted by atomic mass is 9.70. The first kappa shape index (κ1) is 11.9. The van der Waals surface area contributed by atoms with E-state index >= 15 is 0 Å². The highest BCUT2D eigenvalue weighted by Crippen LogP contribution is 2.48. The molecule has 1 aromatic carbocycles. The molecule has 0 radical (unpaired) electrons. The summed E-state index contributed by atoms with van der Waals surface area (Å²) >= 11 is 1.80. The third kappa shape index (κ3) is 1.88. The molecule has 0 bridgehead atoms. The van der Waals surface area contributed by atoms with E-state index in [1.165, 1.54) is 26.4 Å². The van der Waals surface area contributed by atoms with Crippen LogP contribution >= 0.6 is 11.8 Å². The Morgan fingerprint density at radius 2 is 2.28 bits per heavy atom. The van der Waals surface area contributed by atoms with Crippen molar-refractivity contribution in [2.75, 3.05) is 24.7 Å². The van der Waals surface area contributed by atoms with Crippen LogP contribution in [0.1, 0.15) is 29.6 Å². The predicted octanol–water partition coefficient (Wildman–Crippen LogP) is 3.16. The summed E-state index contributed by atoms with van der Waals surface area (Å²) in [6, 6.07) is 5.81. The van der Waals surface area contributed by atoms with Gasteiger partial charge in [0, 0.05) is 22.9 Å². The van der Waals surface area contributed by atoms with E-state index in [4.69, 9.17) is 4.74 Å².